The molecule has 0 amide bonds. The predicted octanol–water partition coefficient (Wildman–Crippen LogP) is 5.80. The maximum Gasteiger partial charge on any atom is 0.336 e. The molecule has 0 aromatic heterocycles. The van der Waals surface area contributed by atoms with Crippen LogP contribution >= 0.6 is 0 Å². The Balaban J connectivity index is 0.000000221. The van der Waals surface area contributed by atoms with Crippen LogP contribution in [0.15, 0.2) is 109 Å². The molecule has 166 valence electrons. The van der Waals surface area contributed by atoms with Gasteiger partial charge in [0.1, 0.15) is 0 Å². The van der Waals surface area contributed by atoms with Crippen molar-refractivity contribution in [3.05, 3.63) is 120 Å². The van der Waals surface area contributed by atoms with Crippen molar-refractivity contribution in [2.75, 3.05) is 0 Å². The summed E-state index contributed by atoms with van der Waals surface area (Å²) < 4.78 is 0. The minimum absolute atomic E-state index is 0.0891. The summed E-state index contributed by atoms with van der Waals surface area (Å²) in [5.41, 5.74) is 3.54. The van der Waals surface area contributed by atoms with E-state index in [2.05, 4.69) is 48.5 Å². The Hall–Kier alpha value is -4.71. The number of carboxylic acid groups (broad SMARTS) is 3. The topological polar surface area (TPSA) is 112 Å². The van der Waals surface area contributed by atoms with E-state index in [9.17, 15) is 9.59 Å². The zero-order chi connectivity index (χ0) is 24.1. The lowest BCUT2D eigenvalue weighted by Gasteiger charge is -2.08. The summed E-state index contributed by atoms with van der Waals surface area (Å²) in [4.78, 5) is 30.6. The second kappa shape index (κ2) is 12.9. The molecule has 4 aromatic carbocycles. The van der Waals surface area contributed by atoms with E-state index in [0.717, 1.165) is 0 Å². The maximum atomic E-state index is 11.1. The van der Waals surface area contributed by atoms with Crippen LogP contribution in [0.2, 0.25) is 0 Å². The lowest BCUT2D eigenvalue weighted by Crippen LogP contribution is -2.03. The molecule has 0 spiro atoms. The molecule has 0 radical (unpaired) electrons. The third kappa shape index (κ3) is 7.18. The SMILES string of the molecule is O=C(O)c1ccccc1-c1ccccc1C(=O)O.O=CO.c1ccc(-c2ccccc2)cc1. The van der Waals surface area contributed by atoms with Gasteiger partial charge in [-0.05, 0) is 34.4 Å². The fourth-order valence-corrected chi connectivity index (χ4v) is 3.07. The van der Waals surface area contributed by atoms with Gasteiger partial charge < -0.3 is 15.3 Å². The van der Waals surface area contributed by atoms with E-state index in [1.807, 2.05) is 12.1 Å². The second-order valence-corrected chi connectivity index (χ2v) is 6.54. The molecule has 3 N–H and O–H groups in total. The van der Waals surface area contributed by atoms with E-state index in [1.165, 1.54) is 23.3 Å². The Morgan fingerprint density at radius 2 is 0.788 bits per heavy atom. The largest absolute Gasteiger partial charge is 0.483 e. The molecule has 4 aromatic rings. The van der Waals surface area contributed by atoms with Gasteiger partial charge in [-0.15, -0.1) is 0 Å². The highest BCUT2D eigenvalue weighted by atomic mass is 16.4. The van der Waals surface area contributed by atoms with Crippen LogP contribution in [0.25, 0.3) is 22.3 Å². The van der Waals surface area contributed by atoms with Crippen molar-refractivity contribution in [1.82, 2.24) is 0 Å². The highest BCUT2D eigenvalue weighted by molar-refractivity contribution is 6.02. The number of carbonyl (C=O) groups is 3. The van der Waals surface area contributed by atoms with Gasteiger partial charge in [-0.25, -0.2) is 9.59 Å². The molecule has 0 saturated heterocycles. The molecular weight excluding hydrogens is 420 g/mol. The van der Waals surface area contributed by atoms with Crippen LogP contribution in [0.5, 0.6) is 0 Å². The van der Waals surface area contributed by atoms with Crippen LogP contribution in [0.1, 0.15) is 20.7 Å². The van der Waals surface area contributed by atoms with Crippen LogP contribution in [0, 0.1) is 0 Å². The van der Waals surface area contributed by atoms with Gasteiger partial charge in [-0.3, -0.25) is 4.79 Å². The first kappa shape index (κ1) is 24.6. The molecule has 0 aliphatic carbocycles. The van der Waals surface area contributed by atoms with Gasteiger partial charge in [0.25, 0.3) is 6.47 Å². The maximum absolute atomic E-state index is 11.1. The second-order valence-electron chi connectivity index (χ2n) is 6.54. The number of benzene rings is 4. The number of hydrogen-bond acceptors (Lipinski definition) is 3. The quantitative estimate of drug-likeness (QED) is 0.344. The first-order chi connectivity index (χ1) is 16.0. The van der Waals surface area contributed by atoms with Crippen molar-refractivity contribution in [2.45, 2.75) is 0 Å². The zero-order valence-electron chi connectivity index (χ0n) is 17.5. The number of carboxylic acids is 2. The van der Waals surface area contributed by atoms with Gasteiger partial charge in [0, 0.05) is 0 Å². The zero-order valence-corrected chi connectivity index (χ0v) is 17.5. The molecule has 4 rings (SSSR count). The average molecular weight is 442 g/mol. The van der Waals surface area contributed by atoms with Gasteiger partial charge in [0.15, 0.2) is 0 Å². The summed E-state index contributed by atoms with van der Waals surface area (Å²) in [6.07, 6.45) is 0. The third-order valence-electron chi connectivity index (χ3n) is 4.49. The molecule has 0 aliphatic heterocycles. The third-order valence-corrected chi connectivity index (χ3v) is 4.49. The molecule has 0 aliphatic rings. The standard InChI is InChI=1S/C14H10O4.C12H10.CH2O2/c15-13(16)11-7-3-1-5-9(11)10-6-2-4-8-12(10)14(17)18;1-3-7-11(8-4-1)12-9-5-2-6-10-12;2-1-3/h1-8H,(H,15,16)(H,17,18);1-10H;1H,(H,2,3). The van der Waals surface area contributed by atoms with E-state index in [1.54, 1.807) is 36.4 Å². The Morgan fingerprint density at radius 1 is 0.515 bits per heavy atom. The lowest BCUT2D eigenvalue weighted by molar-refractivity contribution is -0.122. The Labute approximate surface area is 191 Å². The van der Waals surface area contributed by atoms with Gasteiger partial charge >= 0.3 is 11.9 Å². The Morgan fingerprint density at radius 3 is 1.09 bits per heavy atom. The summed E-state index contributed by atoms with van der Waals surface area (Å²) >= 11 is 0. The predicted molar refractivity (Wildman–Crippen MR) is 126 cm³/mol. The van der Waals surface area contributed by atoms with Gasteiger partial charge in [0.05, 0.1) is 11.1 Å². The van der Waals surface area contributed by atoms with Crippen molar-refractivity contribution in [3.8, 4) is 22.3 Å². The Bertz CT molecular complexity index is 1090. The summed E-state index contributed by atoms with van der Waals surface area (Å²) in [5, 5.41) is 25.1. The number of hydrogen-bond donors (Lipinski definition) is 3. The van der Waals surface area contributed by atoms with E-state index in [4.69, 9.17) is 20.1 Å². The summed E-state index contributed by atoms with van der Waals surface area (Å²) in [7, 11) is 0. The molecule has 6 nitrogen and oxygen atoms in total. The molecule has 33 heavy (non-hydrogen) atoms. The van der Waals surface area contributed by atoms with Crippen molar-refractivity contribution in [3.63, 3.8) is 0 Å². The molecule has 0 fully saturated rings. The smallest absolute Gasteiger partial charge is 0.336 e. The highest BCUT2D eigenvalue weighted by Crippen LogP contribution is 2.27. The van der Waals surface area contributed by atoms with Gasteiger partial charge in [-0.2, -0.15) is 0 Å². The van der Waals surface area contributed by atoms with Crippen LogP contribution in [-0.4, -0.2) is 33.7 Å². The molecular formula is C27H22O6. The molecule has 0 saturated carbocycles. The van der Waals surface area contributed by atoms with E-state index in [-0.39, 0.29) is 17.6 Å². The fourth-order valence-electron chi connectivity index (χ4n) is 3.07. The summed E-state index contributed by atoms with van der Waals surface area (Å²) in [6.45, 7) is -0.250. The average Bonchev–Trinajstić information content (AvgIpc) is 2.86. The molecule has 0 heterocycles. The Kier molecular flexibility index (Phi) is 9.57. The molecule has 0 atom stereocenters. The molecule has 6 heteroatoms. The van der Waals surface area contributed by atoms with E-state index < -0.39 is 11.9 Å². The van der Waals surface area contributed by atoms with Crippen molar-refractivity contribution < 1.29 is 29.7 Å². The normalized spacial score (nSPS) is 9.33. The number of rotatable bonds is 4. The van der Waals surface area contributed by atoms with Crippen LogP contribution in [0.4, 0.5) is 0 Å². The van der Waals surface area contributed by atoms with Gasteiger partial charge in [0.2, 0.25) is 0 Å². The number of aromatic carboxylic acids is 2. The van der Waals surface area contributed by atoms with Crippen molar-refractivity contribution >= 4 is 18.4 Å². The van der Waals surface area contributed by atoms with Crippen molar-refractivity contribution in [2.24, 2.45) is 0 Å². The first-order valence-electron chi connectivity index (χ1n) is 9.83. The monoisotopic (exact) mass is 442 g/mol. The molecule has 0 bridgehead atoms. The minimum Gasteiger partial charge on any atom is -0.483 e. The van der Waals surface area contributed by atoms with Crippen molar-refractivity contribution in [1.29, 1.82) is 0 Å². The minimum atomic E-state index is -1.08. The first-order valence-corrected chi connectivity index (χ1v) is 9.83. The van der Waals surface area contributed by atoms with E-state index in [0.29, 0.717) is 11.1 Å². The summed E-state index contributed by atoms with van der Waals surface area (Å²) in [6, 6.07) is 33.5. The van der Waals surface area contributed by atoms with E-state index >= 15 is 0 Å². The van der Waals surface area contributed by atoms with Crippen LogP contribution in [0.3, 0.4) is 0 Å². The van der Waals surface area contributed by atoms with Crippen LogP contribution < -0.4 is 0 Å². The van der Waals surface area contributed by atoms with Crippen LogP contribution in [-0.2, 0) is 4.79 Å². The molecule has 0 unspecified atom stereocenters. The highest BCUT2D eigenvalue weighted by Gasteiger charge is 2.16. The van der Waals surface area contributed by atoms with Gasteiger partial charge in [-0.1, -0.05) is 97.1 Å². The fraction of sp³-hybridized carbons (Fsp3) is 0. The lowest BCUT2D eigenvalue weighted by atomic mass is 9.95. The summed E-state index contributed by atoms with van der Waals surface area (Å²) in [5.74, 6) is -2.16.